The zero-order chi connectivity index (χ0) is 19.1. The largest absolute Gasteiger partial charge is 0.381 e. The quantitative estimate of drug-likeness (QED) is 0.639. The first kappa shape index (κ1) is 24.8. The lowest BCUT2D eigenvalue weighted by atomic mass is 9.92. The van der Waals surface area contributed by atoms with Crippen molar-refractivity contribution >= 4 is 42.3 Å². The molecule has 1 aliphatic rings. The summed E-state index contributed by atoms with van der Waals surface area (Å²) >= 11 is 0. The SMILES string of the molecule is Cl.Cl.NC(C(=O)NCc1ccc(C(=O)Nc2cccnc2)cc1)C1CCOCC1. The normalized spacial score (nSPS) is 14.7. The van der Waals surface area contributed by atoms with Gasteiger partial charge in [-0.1, -0.05) is 12.1 Å². The molecule has 1 aromatic heterocycles. The van der Waals surface area contributed by atoms with Crippen LogP contribution in [0.2, 0.25) is 0 Å². The fourth-order valence-electron chi connectivity index (χ4n) is 3.01. The fourth-order valence-corrected chi connectivity index (χ4v) is 3.01. The molecule has 0 aliphatic carbocycles. The fraction of sp³-hybridized carbons (Fsp3) is 0.350. The van der Waals surface area contributed by atoms with Crippen LogP contribution in [-0.4, -0.2) is 36.1 Å². The number of ether oxygens (including phenoxy) is 1. The van der Waals surface area contributed by atoms with E-state index in [1.54, 1.807) is 36.7 Å². The number of nitrogens with two attached hydrogens (primary N) is 1. The van der Waals surface area contributed by atoms with Gasteiger partial charge in [0.1, 0.15) is 0 Å². The summed E-state index contributed by atoms with van der Waals surface area (Å²) in [4.78, 5) is 28.4. The number of anilines is 1. The number of rotatable bonds is 6. The molecule has 1 atom stereocenters. The number of amides is 2. The monoisotopic (exact) mass is 440 g/mol. The minimum Gasteiger partial charge on any atom is -0.381 e. The van der Waals surface area contributed by atoms with Crippen molar-refractivity contribution in [2.75, 3.05) is 18.5 Å². The first-order valence-electron chi connectivity index (χ1n) is 9.05. The Balaban J connectivity index is 0.00000210. The summed E-state index contributed by atoms with van der Waals surface area (Å²) in [6.45, 7) is 1.70. The molecule has 1 fully saturated rings. The van der Waals surface area contributed by atoms with Crippen molar-refractivity contribution in [1.29, 1.82) is 0 Å². The number of pyridine rings is 1. The molecule has 158 valence electrons. The topological polar surface area (TPSA) is 106 Å². The smallest absolute Gasteiger partial charge is 0.255 e. The van der Waals surface area contributed by atoms with Crippen molar-refractivity contribution in [2.45, 2.75) is 25.4 Å². The minimum atomic E-state index is -0.515. The van der Waals surface area contributed by atoms with E-state index in [1.807, 2.05) is 12.1 Å². The average Bonchev–Trinajstić information content (AvgIpc) is 2.73. The lowest BCUT2D eigenvalue weighted by molar-refractivity contribution is -0.124. The standard InChI is InChI=1S/C20H24N4O3.2ClH/c21-18(15-7-10-27-11-8-15)20(26)23-12-14-3-5-16(6-4-14)19(25)24-17-2-1-9-22-13-17;;/h1-6,9,13,15,18H,7-8,10-12,21H2,(H,23,26)(H,24,25);2*1H. The Bertz CT molecular complexity index is 769. The number of hydrogen-bond donors (Lipinski definition) is 3. The molecular formula is C20H26Cl2N4O3. The number of halogens is 2. The van der Waals surface area contributed by atoms with E-state index in [9.17, 15) is 9.59 Å². The Morgan fingerprint density at radius 1 is 1.14 bits per heavy atom. The third-order valence-corrected chi connectivity index (χ3v) is 4.68. The van der Waals surface area contributed by atoms with Crippen LogP contribution >= 0.6 is 24.8 Å². The van der Waals surface area contributed by atoms with E-state index in [4.69, 9.17) is 10.5 Å². The lowest BCUT2D eigenvalue weighted by Gasteiger charge is -2.26. The summed E-state index contributed by atoms with van der Waals surface area (Å²) in [5, 5.41) is 5.65. The Kier molecular flexibility index (Phi) is 10.6. The van der Waals surface area contributed by atoms with Crippen LogP contribution in [0.25, 0.3) is 0 Å². The van der Waals surface area contributed by atoms with Gasteiger partial charge >= 0.3 is 0 Å². The Morgan fingerprint density at radius 2 is 1.83 bits per heavy atom. The molecule has 4 N–H and O–H groups in total. The first-order chi connectivity index (χ1) is 13.1. The number of benzene rings is 1. The third-order valence-electron chi connectivity index (χ3n) is 4.68. The first-order valence-corrected chi connectivity index (χ1v) is 9.05. The van der Waals surface area contributed by atoms with Gasteiger partial charge in [0.15, 0.2) is 0 Å². The predicted molar refractivity (Wildman–Crippen MR) is 116 cm³/mol. The lowest BCUT2D eigenvalue weighted by Crippen LogP contribution is -2.46. The van der Waals surface area contributed by atoms with Crippen molar-refractivity contribution in [2.24, 2.45) is 11.7 Å². The molecule has 29 heavy (non-hydrogen) atoms. The van der Waals surface area contributed by atoms with Crippen molar-refractivity contribution in [3.05, 3.63) is 59.9 Å². The van der Waals surface area contributed by atoms with Gasteiger partial charge in [-0.25, -0.2) is 0 Å². The van der Waals surface area contributed by atoms with Crippen LogP contribution in [0.1, 0.15) is 28.8 Å². The predicted octanol–water partition coefficient (Wildman–Crippen LogP) is 2.55. The van der Waals surface area contributed by atoms with Crippen molar-refractivity contribution in [3.8, 4) is 0 Å². The average molecular weight is 441 g/mol. The summed E-state index contributed by atoms with van der Waals surface area (Å²) in [5.74, 6) is -0.197. The van der Waals surface area contributed by atoms with Crippen LogP contribution in [0.3, 0.4) is 0 Å². The van der Waals surface area contributed by atoms with Gasteiger partial charge in [0.25, 0.3) is 5.91 Å². The van der Waals surface area contributed by atoms with E-state index in [0.29, 0.717) is 31.0 Å². The summed E-state index contributed by atoms with van der Waals surface area (Å²) in [6.07, 6.45) is 4.86. The highest BCUT2D eigenvalue weighted by atomic mass is 35.5. The second kappa shape index (κ2) is 12.4. The molecule has 0 spiro atoms. The Morgan fingerprint density at radius 3 is 2.45 bits per heavy atom. The molecule has 7 nitrogen and oxygen atoms in total. The summed E-state index contributed by atoms with van der Waals surface area (Å²) < 4.78 is 5.30. The number of carbonyl (C=O) groups excluding carboxylic acids is 2. The number of carbonyl (C=O) groups is 2. The van der Waals surface area contributed by atoms with E-state index in [1.165, 1.54) is 0 Å². The summed E-state index contributed by atoms with van der Waals surface area (Å²) in [7, 11) is 0. The van der Waals surface area contributed by atoms with Gasteiger partial charge in [0.05, 0.1) is 17.9 Å². The highest BCUT2D eigenvalue weighted by molar-refractivity contribution is 6.04. The molecule has 0 saturated carbocycles. The highest BCUT2D eigenvalue weighted by Gasteiger charge is 2.26. The molecule has 2 aromatic rings. The maximum absolute atomic E-state index is 12.2. The van der Waals surface area contributed by atoms with Crippen molar-refractivity contribution < 1.29 is 14.3 Å². The van der Waals surface area contributed by atoms with Gasteiger partial charge in [-0.05, 0) is 48.6 Å². The van der Waals surface area contributed by atoms with Gasteiger partial charge in [0, 0.05) is 31.5 Å². The second-order valence-corrected chi connectivity index (χ2v) is 6.59. The van der Waals surface area contributed by atoms with E-state index in [2.05, 4.69) is 15.6 Å². The van der Waals surface area contributed by atoms with E-state index < -0.39 is 6.04 Å². The molecule has 0 radical (unpaired) electrons. The minimum absolute atomic E-state index is 0. The van der Waals surface area contributed by atoms with Gasteiger partial charge in [-0.2, -0.15) is 0 Å². The molecule has 9 heteroatoms. The Hall–Kier alpha value is -2.19. The zero-order valence-electron chi connectivity index (χ0n) is 15.9. The van der Waals surface area contributed by atoms with Gasteiger partial charge in [-0.3, -0.25) is 14.6 Å². The zero-order valence-corrected chi connectivity index (χ0v) is 17.5. The molecule has 1 aromatic carbocycles. The summed E-state index contributed by atoms with van der Waals surface area (Å²) in [5.41, 5.74) is 8.15. The van der Waals surface area contributed by atoms with Crippen LogP contribution in [0, 0.1) is 5.92 Å². The third kappa shape index (κ3) is 7.29. The molecule has 0 bridgehead atoms. The number of nitrogens with zero attached hydrogens (tertiary/aromatic N) is 1. The summed E-state index contributed by atoms with van der Waals surface area (Å²) in [6, 6.07) is 10.1. The van der Waals surface area contributed by atoms with E-state index >= 15 is 0 Å². The highest BCUT2D eigenvalue weighted by Crippen LogP contribution is 2.17. The molecular weight excluding hydrogens is 415 g/mol. The van der Waals surface area contributed by atoms with Crippen LogP contribution in [0.5, 0.6) is 0 Å². The number of nitrogens with one attached hydrogen (secondary N) is 2. The van der Waals surface area contributed by atoms with E-state index in [-0.39, 0.29) is 42.5 Å². The van der Waals surface area contributed by atoms with Gasteiger partial charge in [-0.15, -0.1) is 24.8 Å². The molecule has 2 amide bonds. The van der Waals surface area contributed by atoms with Crippen molar-refractivity contribution in [3.63, 3.8) is 0 Å². The van der Waals surface area contributed by atoms with Crippen LogP contribution in [0.4, 0.5) is 5.69 Å². The molecule has 1 unspecified atom stereocenters. The van der Waals surface area contributed by atoms with E-state index in [0.717, 1.165) is 18.4 Å². The number of hydrogen-bond acceptors (Lipinski definition) is 5. The Labute approximate surface area is 182 Å². The maximum Gasteiger partial charge on any atom is 0.255 e. The number of aromatic nitrogens is 1. The van der Waals surface area contributed by atoms with Crippen LogP contribution in [-0.2, 0) is 16.1 Å². The van der Waals surface area contributed by atoms with Crippen LogP contribution < -0.4 is 16.4 Å². The van der Waals surface area contributed by atoms with Gasteiger partial charge < -0.3 is 21.1 Å². The molecule has 2 heterocycles. The molecule has 3 rings (SSSR count). The maximum atomic E-state index is 12.2. The molecule has 1 saturated heterocycles. The van der Waals surface area contributed by atoms with Crippen molar-refractivity contribution in [1.82, 2.24) is 10.3 Å². The van der Waals surface area contributed by atoms with Gasteiger partial charge in [0.2, 0.25) is 5.91 Å². The second-order valence-electron chi connectivity index (χ2n) is 6.59. The van der Waals surface area contributed by atoms with Crippen LogP contribution in [0.15, 0.2) is 48.8 Å². The molecule has 1 aliphatic heterocycles.